The van der Waals surface area contributed by atoms with E-state index in [0.29, 0.717) is 15.6 Å². The first-order valence-corrected chi connectivity index (χ1v) is 5.32. The van der Waals surface area contributed by atoms with Gasteiger partial charge in [-0.2, -0.15) is 13.2 Å². The Morgan fingerprint density at radius 1 is 1.12 bits per heavy atom. The lowest BCUT2D eigenvalue weighted by Gasteiger charge is -2.14. The normalized spacial score (nSPS) is 13.9. The number of nitrogens with two attached hydrogens (primary N) is 1. The first kappa shape index (κ1) is 13.6. The van der Waals surface area contributed by atoms with E-state index in [0.717, 1.165) is 0 Å². The average Bonchev–Trinajstić information content (AvgIpc) is 2.11. The highest BCUT2D eigenvalue weighted by molar-refractivity contribution is 6.34. The third kappa shape index (κ3) is 4.60. The fraction of sp³-hybridized carbons (Fsp3) is 0.400. The second-order valence-corrected chi connectivity index (χ2v) is 4.34. The van der Waals surface area contributed by atoms with Crippen molar-refractivity contribution < 1.29 is 13.2 Å². The Morgan fingerprint density at radius 2 is 1.62 bits per heavy atom. The van der Waals surface area contributed by atoms with Gasteiger partial charge in [-0.3, -0.25) is 0 Å². The van der Waals surface area contributed by atoms with Crippen LogP contribution in [-0.2, 0) is 0 Å². The quantitative estimate of drug-likeness (QED) is 0.870. The van der Waals surface area contributed by atoms with Crippen LogP contribution in [0.5, 0.6) is 0 Å². The van der Waals surface area contributed by atoms with Crippen molar-refractivity contribution in [3.63, 3.8) is 0 Å². The van der Waals surface area contributed by atoms with Crippen LogP contribution in [0.1, 0.15) is 24.4 Å². The standard InChI is InChI=1S/C10H10Cl2F3N/c11-7-3-6(4-8(12)5-7)9(16)1-2-10(13,14)15/h3-5,9H,1-2,16H2. The molecule has 0 spiro atoms. The Labute approximate surface area is 101 Å². The molecule has 6 heteroatoms. The van der Waals surface area contributed by atoms with Crippen LogP contribution >= 0.6 is 23.2 Å². The maximum absolute atomic E-state index is 12.0. The van der Waals surface area contributed by atoms with Crippen LogP contribution in [0.3, 0.4) is 0 Å². The number of hydrogen-bond donors (Lipinski definition) is 1. The molecule has 0 aromatic heterocycles. The lowest BCUT2D eigenvalue weighted by Crippen LogP contribution is -2.15. The molecule has 0 saturated heterocycles. The van der Waals surface area contributed by atoms with Gasteiger partial charge in [0.1, 0.15) is 0 Å². The van der Waals surface area contributed by atoms with Gasteiger partial charge in [0.25, 0.3) is 0 Å². The van der Waals surface area contributed by atoms with E-state index in [1.807, 2.05) is 0 Å². The molecule has 1 rings (SSSR count). The Hall–Kier alpha value is -0.450. The molecule has 1 unspecified atom stereocenters. The molecule has 0 radical (unpaired) electrons. The minimum absolute atomic E-state index is 0.180. The molecule has 16 heavy (non-hydrogen) atoms. The molecule has 90 valence electrons. The minimum atomic E-state index is -4.19. The lowest BCUT2D eigenvalue weighted by molar-refractivity contribution is -0.136. The van der Waals surface area contributed by atoms with E-state index in [1.54, 1.807) is 0 Å². The molecular formula is C10H10Cl2F3N. The fourth-order valence-corrected chi connectivity index (χ4v) is 1.82. The van der Waals surface area contributed by atoms with Gasteiger partial charge < -0.3 is 5.73 Å². The highest BCUT2D eigenvalue weighted by Crippen LogP contribution is 2.28. The van der Waals surface area contributed by atoms with E-state index in [2.05, 4.69) is 0 Å². The molecule has 0 aliphatic rings. The van der Waals surface area contributed by atoms with Crippen molar-refractivity contribution in [2.75, 3.05) is 0 Å². The molecule has 0 fully saturated rings. The molecule has 0 saturated carbocycles. The first-order chi connectivity index (χ1) is 7.28. The Bertz CT molecular complexity index is 345. The summed E-state index contributed by atoms with van der Waals surface area (Å²) >= 11 is 11.4. The smallest absolute Gasteiger partial charge is 0.324 e. The Morgan fingerprint density at radius 3 is 2.06 bits per heavy atom. The van der Waals surface area contributed by atoms with Crippen LogP contribution < -0.4 is 5.73 Å². The van der Waals surface area contributed by atoms with Gasteiger partial charge in [0.15, 0.2) is 0 Å². The van der Waals surface area contributed by atoms with Crippen LogP contribution in [0, 0.1) is 0 Å². The molecule has 0 amide bonds. The maximum atomic E-state index is 12.0. The summed E-state index contributed by atoms with van der Waals surface area (Å²) in [6.07, 6.45) is -5.29. The zero-order valence-electron chi connectivity index (χ0n) is 8.19. The summed E-state index contributed by atoms with van der Waals surface area (Å²) in [7, 11) is 0. The van der Waals surface area contributed by atoms with Gasteiger partial charge in [0, 0.05) is 22.5 Å². The third-order valence-corrected chi connectivity index (χ3v) is 2.49. The average molecular weight is 272 g/mol. The third-order valence-electron chi connectivity index (χ3n) is 2.05. The van der Waals surface area contributed by atoms with E-state index < -0.39 is 18.6 Å². The fourth-order valence-electron chi connectivity index (χ4n) is 1.28. The highest BCUT2D eigenvalue weighted by Gasteiger charge is 2.27. The van der Waals surface area contributed by atoms with Crippen LogP contribution in [0.15, 0.2) is 18.2 Å². The van der Waals surface area contributed by atoms with Crippen molar-refractivity contribution >= 4 is 23.2 Å². The number of rotatable bonds is 3. The van der Waals surface area contributed by atoms with E-state index in [4.69, 9.17) is 28.9 Å². The molecule has 0 heterocycles. The molecule has 0 aliphatic heterocycles. The van der Waals surface area contributed by atoms with E-state index in [9.17, 15) is 13.2 Å². The number of hydrogen-bond acceptors (Lipinski definition) is 1. The van der Waals surface area contributed by atoms with Crippen LogP contribution in [0.4, 0.5) is 13.2 Å². The van der Waals surface area contributed by atoms with Crippen molar-refractivity contribution in [3.05, 3.63) is 33.8 Å². The SMILES string of the molecule is NC(CCC(F)(F)F)c1cc(Cl)cc(Cl)c1. The number of benzene rings is 1. The lowest BCUT2D eigenvalue weighted by atomic mass is 10.0. The molecule has 0 bridgehead atoms. The van der Waals surface area contributed by atoms with Gasteiger partial charge in [-0.1, -0.05) is 23.2 Å². The van der Waals surface area contributed by atoms with E-state index in [-0.39, 0.29) is 6.42 Å². The molecule has 2 N–H and O–H groups in total. The van der Waals surface area contributed by atoms with Gasteiger partial charge >= 0.3 is 6.18 Å². The first-order valence-electron chi connectivity index (χ1n) is 4.56. The predicted molar refractivity (Wildman–Crippen MR) is 58.7 cm³/mol. The van der Waals surface area contributed by atoms with Gasteiger partial charge in [-0.25, -0.2) is 0 Å². The zero-order valence-corrected chi connectivity index (χ0v) is 9.70. The minimum Gasteiger partial charge on any atom is -0.324 e. The summed E-state index contributed by atoms with van der Waals surface area (Å²) in [5.41, 5.74) is 6.14. The van der Waals surface area contributed by atoms with Crippen molar-refractivity contribution in [1.29, 1.82) is 0 Å². The summed E-state index contributed by atoms with van der Waals surface area (Å²) in [6.45, 7) is 0. The monoisotopic (exact) mass is 271 g/mol. The van der Waals surface area contributed by atoms with Crippen molar-refractivity contribution in [2.45, 2.75) is 25.1 Å². The summed E-state index contributed by atoms with van der Waals surface area (Å²) < 4.78 is 35.9. The van der Waals surface area contributed by atoms with Crippen molar-refractivity contribution in [3.8, 4) is 0 Å². The largest absolute Gasteiger partial charge is 0.389 e. The second kappa shape index (κ2) is 5.25. The summed E-state index contributed by atoms with van der Waals surface area (Å²) in [6, 6.07) is 3.84. The molecular weight excluding hydrogens is 262 g/mol. The topological polar surface area (TPSA) is 26.0 Å². The molecule has 0 aliphatic carbocycles. The number of halogens is 5. The summed E-state index contributed by atoms with van der Waals surface area (Å²) in [5.74, 6) is 0. The van der Waals surface area contributed by atoms with E-state index >= 15 is 0 Å². The number of alkyl halides is 3. The predicted octanol–water partition coefficient (Wildman–Crippen LogP) is 4.34. The maximum Gasteiger partial charge on any atom is 0.389 e. The van der Waals surface area contributed by atoms with Gasteiger partial charge in [0.2, 0.25) is 0 Å². The van der Waals surface area contributed by atoms with Gasteiger partial charge in [-0.15, -0.1) is 0 Å². The second-order valence-electron chi connectivity index (χ2n) is 3.46. The Balaban J connectivity index is 2.69. The van der Waals surface area contributed by atoms with Crippen LogP contribution in [-0.4, -0.2) is 6.18 Å². The Kier molecular flexibility index (Phi) is 4.47. The molecule has 1 nitrogen and oxygen atoms in total. The molecule has 1 aromatic rings. The van der Waals surface area contributed by atoms with E-state index in [1.165, 1.54) is 18.2 Å². The summed E-state index contributed by atoms with van der Waals surface area (Å²) in [5, 5.41) is 0.731. The van der Waals surface area contributed by atoms with Crippen molar-refractivity contribution in [2.24, 2.45) is 5.73 Å². The molecule has 1 aromatic carbocycles. The van der Waals surface area contributed by atoms with Gasteiger partial charge in [-0.05, 0) is 30.2 Å². The zero-order chi connectivity index (χ0) is 12.3. The van der Waals surface area contributed by atoms with Crippen LogP contribution in [0.2, 0.25) is 10.0 Å². The van der Waals surface area contributed by atoms with Crippen LogP contribution in [0.25, 0.3) is 0 Å². The molecule has 1 atom stereocenters. The highest BCUT2D eigenvalue weighted by atomic mass is 35.5. The van der Waals surface area contributed by atoms with Crippen molar-refractivity contribution in [1.82, 2.24) is 0 Å². The summed E-state index contributed by atoms with van der Waals surface area (Å²) in [4.78, 5) is 0. The van der Waals surface area contributed by atoms with Gasteiger partial charge in [0.05, 0.1) is 0 Å².